The molecule has 3 aromatic rings. The van der Waals surface area contributed by atoms with Crippen LogP contribution >= 0.6 is 11.3 Å². The first-order valence-corrected chi connectivity index (χ1v) is 9.30. The van der Waals surface area contributed by atoms with Gasteiger partial charge in [0.2, 0.25) is 0 Å². The predicted octanol–water partition coefficient (Wildman–Crippen LogP) is 3.94. The van der Waals surface area contributed by atoms with E-state index in [1.807, 2.05) is 48.5 Å². The van der Waals surface area contributed by atoms with Gasteiger partial charge < -0.3 is 15.4 Å². The number of esters is 1. The lowest BCUT2D eigenvalue weighted by Gasteiger charge is -2.12. The van der Waals surface area contributed by atoms with Crippen molar-refractivity contribution in [3.63, 3.8) is 0 Å². The van der Waals surface area contributed by atoms with Crippen molar-refractivity contribution in [1.29, 1.82) is 0 Å². The first kappa shape index (κ1) is 18.6. The highest BCUT2D eigenvalue weighted by Gasteiger charge is 2.21. The Hall–Kier alpha value is -3.19. The minimum Gasteiger partial charge on any atom is -0.448 e. The molecule has 1 amide bonds. The number of ether oxygens (including phenoxy) is 1. The summed E-state index contributed by atoms with van der Waals surface area (Å²) in [6, 6.07) is 18.9. The van der Waals surface area contributed by atoms with Gasteiger partial charge in [0.1, 0.15) is 0 Å². The molecule has 7 heteroatoms. The van der Waals surface area contributed by atoms with E-state index in [1.165, 1.54) is 18.3 Å². The molecule has 27 heavy (non-hydrogen) atoms. The van der Waals surface area contributed by atoms with Crippen molar-refractivity contribution < 1.29 is 14.3 Å². The molecule has 0 spiro atoms. The minimum atomic E-state index is -0.930. The van der Waals surface area contributed by atoms with Crippen LogP contribution in [0.1, 0.15) is 23.0 Å². The highest BCUT2D eigenvalue weighted by Crippen LogP contribution is 2.18. The number of nitrogens with one attached hydrogen (secondary N) is 2. The molecule has 2 aromatic carbocycles. The summed E-state index contributed by atoms with van der Waals surface area (Å²) in [5, 5.41) is 8.09. The van der Waals surface area contributed by atoms with Crippen molar-refractivity contribution in [3.8, 4) is 0 Å². The van der Waals surface area contributed by atoms with Crippen LogP contribution in [0.5, 0.6) is 0 Å². The fraction of sp³-hybridized carbons (Fsp3) is 0.150. The lowest BCUT2D eigenvalue weighted by atomic mass is 10.2. The summed E-state index contributed by atoms with van der Waals surface area (Å²) in [5.74, 6) is -1.03. The van der Waals surface area contributed by atoms with Gasteiger partial charge in [-0.25, -0.2) is 9.78 Å². The van der Waals surface area contributed by atoms with E-state index in [0.29, 0.717) is 17.4 Å². The molecule has 1 aromatic heterocycles. The number of hydrogen-bond donors (Lipinski definition) is 2. The van der Waals surface area contributed by atoms with E-state index in [1.54, 1.807) is 17.5 Å². The number of para-hydroxylation sites is 1. The molecular weight excluding hydrogens is 362 g/mol. The molecule has 2 N–H and O–H groups in total. The molecule has 0 radical (unpaired) electrons. The van der Waals surface area contributed by atoms with E-state index >= 15 is 0 Å². The first-order valence-electron chi connectivity index (χ1n) is 8.42. The summed E-state index contributed by atoms with van der Waals surface area (Å²) in [7, 11) is 0. The van der Waals surface area contributed by atoms with Crippen LogP contribution in [0.3, 0.4) is 0 Å². The van der Waals surface area contributed by atoms with Crippen LogP contribution < -0.4 is 10.6 Å². The number of nitrogens with zero attached hydrogens (tertiary/aromatic N) is 1. The second-order valence-corrected chi connectivity index (χ2v) is 6.64. The van der Waals surface area contributed by atoms with Crippen LogP contribution in [0, 0.1) is 0 Å². The molecule has 0 aliphatic heterocycles. The third-order valence-corrected chi connectivity index (χ3v) is 4.49. The number of hydrogen-bond acceptors (Lipinski definition) is 6. The van der Waals surface area contributed by atoms with Crippen molar-refractivity contribution in [2.24, 2.45) is 0 Å². The van der Waals surface area contributed by atoms with Crippen molar-refractivity contribution >= 4 is 34.0 Å². The Kier molecular flexibility index (Phi) is 6.17. The summed E-state index contributed by atoms with van der Waals surface area (Å²) in [6.45, 7) is 2.13. The fourth-order valence-corrected chi connectivity index (χ4v) is 2.94. The maximum Gasteiger partial charge on any atom is 0.358 e. The fourth-order valence-electron chi connectivity index (χ4n) is 2.26. The first-order chi connectivity index (χ1) is 13.1. The van der Waals surface area contributed by atoms with Gasteiger partial charge in [-0.2, -0.15) is 0 Å². The van der Waals surface area contributed by atoms with Crippen molar-refractivity contribution in [2.75, 3.05) is 10.6 Å². The SMILES string of the molecule is CC(OC(=O)c1csc(NCc2ccccc2)n1)C(=O)Nc1ccccc1. The van der Waals surface area contributed by atoms with Crippen LogP contribution in [-0.2, 0) is 16.1 Å². The molecule has 0 saturated heterocycles. The van der Waals surface area contributed by atoms with Crippen LogP contribution in [0.25, 0.3) is 0 Å². The molecule has 6 nitrogen and oxygen atoms in total. The van der Waals surface area contributed by atoms with Gasteiger partial charge in [-0.1, -0.05) is 48.5 Å². The molecule has 0 saturated carbocycles. The lowest BCUT2D eigenvalue weighted by molar-refractivity contribution is -0.123. The lowest BCUT2D eigenvalue weighted by Crippen LogP contribution is -2.30. The topological polar surface area (TPSA) is 80.3 Å². The maximum atomic E-state index is 12.2. The third-order valence-electron chi connectivity index (χ3n) is 3.69. The summed E-state index contributed by atoms with van der Waals surface area (Å²) >= 11 is 1.31. The average molecular weight is 381 g/mol. The Morgan fingerprint density at radius 2 is 1.74 bits per heavy atom. The summed E-state index contributed by atoms with van der Waals surface area (Å²) in [5.41, 5.74) is 1.93. The number of benzene rings is 2. The van der Waals surface area contributed by atoms with E-state index in [2.05, 4.69) is 15.6 Å². The molecule has 0 aliphatic rings. The van der Waals surface area contributed by atoms with Crippen LogP contribution in [0.2, 0.25) is 0 Å². The highest BCUT2D eigenvalue weighted by atomic mass is 32.1. The van der Waals surface area contributed by atoms with E-state index < -0.39 is 18.0 Å². The van der Waals surface area contributed by atoms with Gasteiger partial charge in [-0.05, 0) is 24.6 Å². The van der Waals surface area contributed by atoms with Crippen molar-refractivity contribution in [2.45, 2.75) is 19.6 Å². The Morgan fingerprint density at radius 1 is 1.07 bits per heavy atom. The van der Waals surface area contributed by atoms with Crippen molar-refractivity contribution in [1.82, 2.24) is 4.98 Å². The Balaban J connectivity index is 1.51. The number of amides is 1. The van der Waals surface area contributed by atoms with E-state index in [4.69, 9.17) is 4.74 Å². The van der Waals surface area contributed by atoms with Gasteiger partial charge in [0.15, 0.2) is 16.9 Å². The average Bonchev–Trinajstić information content (AvgIpc) is 3.17. The zero-order valence-electron chi connectivity index (χ0n) is 14.7. The molecule has 0 aliphatic carbocycles. The zero-order chi connectivity index (χ0) is 19.1. The monoisotopic (exact) mass is 381 g/mol. The van der Waals surface area contributed by atoms with Crippen LogP contribution in [0.15, 0.2) is 66.0 Å². The summed E-state index contributed by atoms with van der Waals surface area (Å²) in [4.78, 5) is 28.6. The molecule has 1 heterocycles. The molecule has 3 rings (SSSR count). The number of thiazole rings is 1. The quantitative estimate of drug-likeness (QED) is 0.606. The van der Waals surface area contributed by atoms with Crippen LogP contribution in [-0.4, -0.2) is 23.0 Å². The van der Waals surface area contributed by atoms with E-state index in [0.717, 1.165) is 5.56 Å². The number of carbonyl (C=O) groups is 2. The molecule has 0 fully saturated rings. The van der Waals surface area contributed by atoms with E-state index in [9.17, 15) is 9.59 Å². The summed E-state index contributed by atoms with van der Waals surface area (Å²) in [6.07, 6.45) is -0.930. The number of carbonyl (C=O) groups excluding carboxylic acids is 2. The third kappa shape index (κ3) is 5.39. The Bertz CT molecular complexity index is 897. The number of aromatic nitrogens is 1. The van der Waals surface area contributed by atoms with Gasteiger partial charge in [-0.15, -0.1) is 11.3 Å². The van der Waals surface area contributed by atoms with Gasteiger partial charge in [0.05, 0.1) is 0 Å². The molecule has 1 unspecified atom stereocenters. The normalized spacial score (nSPS) is 11.4. The minimum absolute atomic E-state index is 0.176. The second kappa shape index (κ2) is 8.95. The molecule has 1 atom stereocenters. The Morgan fingerprint density at radius 3 is 2.44 bits per heavy atom. The Labute approximate surface area is 161 Å². The van der Waals surface area contributed by atoms with Gasteiger partial charge in [0.25, 0.3) is 5.91 Å². The highest BCUT2D eigenvalue weighted by molar-refractivity contribution is 7.13. The van der Waals surface area contributed by atoms with Crippen molar-refractivity contribution in [3.05, 3.63) is 77.3 Å². The number of anilines is 2. The summed E-state index contributed by atoms with van der Waals surface area (Å²) < 4.78 is 5.21. The van der Waals surface area contributed by atoms with Gasteiger partial charge in [0, 0.05) is 17.6 Å². The van der Waals surface area contributed by atoms with Gasteiger partial charge >= 0.3 is 5.97 Å². The van der Waals surface area contributed by atoms with Gasteiger partial charge in [-0.3, -0.25) is 4.79 Å². The largest absolute Gasteiger partial charge is 0.448 e. The number of rotatable bonds is 7. The van der Waals surface area contributed by atoms with E-state index in [-0.39, 0.29) is 5.69 Å². The zero-order valence-corrected chi connectivity index (χ0v) is 15.5. The smallest absolute Gasteiger partial charge is 0.358 e. The predicted molar refractivity (Wildman–Crippen MR) is 106 cm³/mol. The van der Waals surface area contributed by atoms with Crippen LogP contribution in [0.4, 0.5) is 10.8 Å². The maximum absolute atomic E-state index is 12.2. The molecule has 138 valence electrons. The second-order valence-electron chi connectivity index (χ2n) is 5.78. The standard InChI is InChI=1S/C20H19N3O3S/c1-14(18(24)22-16-10-6-3-7-11-16)26-19(25)17-13-27-20(23-17)21-12-15-8-4-2-5-9-15/h2-11,13-14H,12H2,1H3,(H,21,23)(H,22,24). The molecular formula is C20H19N3O3S. The molecule has 0 bridgehead atoms.